The summed E-state index contributed by atoms with van der Waals surface area (Å²) >= 11 is 0. The van der Waals surface area contributed by atoms with Gasteiger partial charge < -0.3 is 43.7 Å². The van der Waals surface area contributed by atoms with E-state index in [4.69, 9.17) is 38.9 Å². The summed E-state index contributed by atoms with van der Waals surface area (Å²) in [4.78, 5) is 11.2. The second kappa shape index (κ2) is 31.4. The van der Waals surface area contributed by atoms with Crippen molar-refractivity contribution in [3.63, 3.8) is 0 Å². The highest BCUT2D eigenvalue weighted by molar-refractivity contribution is 5.53. The Morgan fingerprint density at radius 2 is 0.886 bits per heavy atom. The average Bonchev–Trinajstić information content (AvgIpc) is 2.87. The van der Waals surface area contributed by atoms with E-state index in [2.05, 4.69) is 0 Å². The van der Waals surface area contributed by atoms with Crippen LogP contribution in [0.3, 0.4) is 0 Å². The second-order valence-electron chi connectivity index (χ2n) is 8.40. The summed E-state index contributed by atoms with van der Waals surface area (Å²) in [5.74, 6) is 0.107. The van der Waals surface area contributed by atoms with Crippen molar-refractivity contribution in [2.45, 2.75) is 57.8 Å². The summed E-state index contributed by atoms with van der Waals surface area (Å²) in [5.41, 5.74) is 5.50. The zero-order chi connectivity index (χ0) is 25.5. The van der Waals surface area contributed by atoms with Gasteiger partial charge in [-0.3, -0.25) is 0 Å². The molecule has 0 fully saturated rings. The highest BCUT2D eigenvalue weighted by atomic mass is 16.6. The van der Waals surface area contributed by atoms with E-state index in [1.807, 2.05) is 0 Å². The number of nitrogens with two attached hydrogens (primary N) is 1. The maximum Gasteiger partial charge on any atom is 0.123 e. The number of unbranched alkanes of at least 4 members (excludes halogenated alkanes) is 6. The third-order valence-electron chi connectivity index (χ3n) is 5.40. The fraction of sp³-hybridized carbons (Fsp3) is 0.962. The number of carbonyl (C=O) groups excluding carboxylic acids is 1. The molecule has 0 aliphatic heterocycles. The van der Waals surface area contributed by atoms with Crippen molar-refractivity contribution in [2.24, 2.45) is 11.7 Å². The van der Waals surface area contributed by atoms with Gasteiger partial charge in [0, 0.05) is 19.6 Å². The molecule has 0 saturated carbocycles. The zero-order valence-corrected chi connectivity index (χ0v) is 22.3. The fourth-order valence-corrected chi connectivity index (χ4v) is 3.29. The SMILES string of the molecule is COCCOCCOCCOCCOCCOCCOCCC(C=O)CCCCCCCCCN. The quantitative estimate of drug-likeness (QED) is 0.112. The predicted octanol–water partition coefficient (Wildman–Crippen LogP) is 3.02. The van der Waals surface area contributed by atoms with Gasteiger partial charge in [0.1, 0.15) is 6.29 Å². The van der Waals surface area contributed by atoms with Crippen LogP contribution in [0.4, 0.5) is 0 Å². The number of carbonyl (C=O) groups is 1. The van der Waals surface area contributed by atoms with Crippen LogP contribution in [0.25, 0.3) is 0 Å². The lowest BCUT2D eigenvalue weighted by atomic mass is 9.99. The lowest BCUT2D eigenvalue weighted by molar-refractivity contribution is -0.112. The molecule has 0 aromatic rings. The molecule has 0 spiro atoms. The Morgan fingerprint density at radius 1 is 0.514 bits per heavy atom. The average molecular weight is 508 g/mol. The van der Waals surface area contributed by atoms with Gasteiger partial charge in [-0.1, -0.05) is 38.5 Å². The molecule has 0 radical (unpaired) electrons. The normalized spacial score (nSPS) is 12.3. The standard InChI is InChI=1S/C26H53NO8/c1-29-13-14-31-17-18-33-21-22-35-24-23-34-20-19-32-16-15-30-12-10-26(25-28)9-7-5-3-2-4-6-8-11-27/h25-26H,2-24,27H2,1H3. The van der Waals surface area contributed by atoms with E-state index in [0.717, 1.165) is 38.5 Å². The maximum atomic E-state index is 11.2. The molecule has 1 unspecified atom stereocenters. The third kappa shape index (κ3) is 29.5. The van der Waals surface area contributed by atoms with Crippen molar-refractivity contribution in [1.82, 2.24) is 0 Å². The van der Waals surface area contributed by atoms with Crippen LogP contribution in [0.15, 0.2) is 0 Å². The first kappa shape index (κ1) is 34.4. The van der Waals surface area contributed by atoms with E-state index in [1.54, 1.807) is 7.11 Å². The Hall–Kier alpha value is -0.650. The molecule has 0 saturated heterocycles. The van der Waals surface area contributed by atoms with Crippen LogP contribution in [-0.2, 0) is 38.0 Å². The molecule has 1 atom stereocenters. The minimum atomic E-state index is 0.107. The number of methoxy groups -OCH3 is 1. The van der Waals surface area contributed by atoms with Crippen LogP contribution in [0.2, 0.25) is 0 Å². The number of rotatable bonds is 31. The number of hydrogen-bond acceptors (Lipinski definition) is 9. The number of ether oxygens (including phenoxy) is 7. The summed E-state index contributed by atoms with van der Waals surface area (Å²) in [7, 11) is 1.65. The van der Waals surface area contributed by atoms with Crippen LogP contribution in [0.1, 0.15) is 57.8 Å². The molecule has 9 heteroatoms. The summed E-state index contributed by atoms with van der Waals surface area (Å²) in [6.45, 7) is 7.96. The van der Waals surface area contributed by atoms with Gasteiger partial charge in [-0.2, -0.15) is 0 Å². The maximum absolute atomic E-state index is 11.2. The van der Waals surface area contributed by atoms with E-state index < -0.39 is 0 Å². The molecule has 0 aliphatic rings. The molecule has 0 aromatic heterocycles. The highest BCUT2D eigenvalue weighted by Crippen LogP contribution is 2.14. The Labute approximate surface area is 213 Å². The van der Waals surface area contributed by atoms with Crippen molar-refractivity contribution in [3.8, 4) is 0 Å². The van der Waals surface area contributed by atoms with Gasteiger partial charge in [0.25, 0.3) is 0 Å². The van der Waals surface area contributed by atoms with Crippen molar-refractivity contribution in [2.75, 3.05) is 99.5 Å². The fourth-order valence-electron chi connectivity index (χ4n) is 3.29. The number of aldehydes is 1. The minimum Gasteiger partial charge on any atom is -0.382 e. The first-order valence-electron chi connectivity index (χ1n) is 13.5. The van der Waals surface area contributed by atoms with Gasteiger partial charge in [-0.25, -0.2) is 0 Å². The topological polar surface area (TPSA) is 108 Å². The Morgan fingerprint density at radius 3 is 1.29 bits per heavy atom. The van der Waals surface area contributed by atoms with Crippen molar-refractivity contribution in [1.29, 1.82) is 0 Å². The molecule has 9 nitrogen and oxygen atoms in total. The van der Waals surface area contributed by atoms with Crippen LogP contribution < -0.4 is 5.73 Å². The molecule has 0 amide bonds. The first-order chi connectivity index (χ1) is 17.3. The molecule has 0 rings (SSSR count). The molecule has 210 valence electrons. The van der Waals surface area contributed by atoms with Crippen molar-refractivity contribution < 1.29 is 38.0 Å². The van der Waals surface area contributed by atoms with Crippen LogP contribution in [0, 0.1) is 5.92 Å². The summed E-state index contributed by atoms with van der Waals surface area (Å²) in [6.07, 6.45) is 11.3. The Balaban J connectivity index is 3.21. The van der Waals surface area contributed by atoms with Crippen LogP contribution in [0.5, 0.6) is 0 Å². The molecule has 35 heavy (non-hydrogen) atoms. The van der Waals surface area contributed by atoms with Gasteiger partial charge in [-0.15, -0.1) is 0 Å². The summed E-state index contributed by atoms with van der Waals surface area (Å²) in [6, 6.07) is 0. The van der Waals surface area contributed by atoms with E-state index in [1.165, 1.54) is 32.1 Å². The van der Waals surface area contributed by atoms with Gasteiger partial charge in [0.15, 0.2) is 0 Å². The zero-order valence-electron chi connectivity index (χ0n) is 22.3. The Bertz CT molecular complexity index is 404. The minimum absolute atomic E-state index is 0.107. The van der Waals surface area contributed by atoms with E-state index in [-0.39, 0.29) is 5.92 Å². The van der Waals surface area contributed by atoms with Crippen molar-refractivity contribution >= 4 is 6.29 Å². The van der Waals surface area contributed by atoms with Crippen molar-refractivity contribution in [3.05, 3.63) is 0 Å². The van der Waals surface area contributed by atoms with Gasteiger partial charge in [-0.05, 0) is 25.8 Å². The van der Waals surface area contributed by atoms with Gasteiger partial charge in [0.05, 0.1) is 79.3 Å². The monoisotopic (exact) mass is 507 g/mol. The lowest BCUT2D eigenvalue weighted by Gasteiger charge is -2.11. The van der Waals surface area contributed by atoms with E-state index in [9.17, 15) is 4.79 Å². The summed E-state index contributed by atoms with van der Waals surface area (Å²) in [5, 5.41) is 0. The highest BCUT2D eigenvalue weighted by Gasteiger charge is 2.07. The van der Waals surface area contributed by atoms with Gasteiger partial charge >= 0.3 is 0 Å². The molecular weight excluding hydrogens is 454 g/mol. The van der Waals surface area contributed by atoms with Crippen LogP contribution >= 0.6 is 0 Å². The lowest BCUT2D eigenvalue weighted by Crippen LogP contribution is -2.14. The van der Waals surface area contributed by atoms with Crippen LogP contribution in [-0.4, -0.2) is 106 Å². The molecule has 2 N–H and O–H groups in total. The van der Waals surface area contributed by atoms with E-state index in [0.29, 0.717) is 85.9 Å². The first-order valence-corrected chi connectivity index (χ1v) is 13.5. The summed E-state index contributed by atoms with van der Waals surface area (Å²) < 4.78 is 37.6. The predicted molar refractivity (Wildman–Crippen MR) is 137 cm³/mol. The molecule has 0 heterocycles. The van der Waals surface area contributed by atoms with E-state index >= 15 is 0 Å². The second-order valence-corrected chi connectivity index (χ2v) is 8.40. The smallest absolute Gasteiger partial charge is 0.123 e. The molecule has 0 aliphatic carbocycles. The largest absolute Gasteiger partial charge is 0.382 e. The molecular formula is C26H53NO8. The third-order valence-corrected chi connectivity index (χ3v) is 5.40. The Kier molecular flexibility index (Phi) is 30.8. The number of hydrogen-bond donors (Lipinski definition) is 1. The van der Waals surface area contributed by atoms with Gasteiger partial charge in [0.2, 0.25) is 0 Å². The molecule has 0 aromatic carbocycles. The molecule has 0 bridgehead atoms.